The molecule has 0 saturated carbocycles. The highest BCUT2D eigenvalue weighted by Gasteiger charge is 2.21. The average molecular weight is 387 g/mol. The van der Waals surface area contributed by atoms with Gasteiger partial charge in [-0.25, -0.2) is 0 Å². The van der Waals surface area contributed by atoms with Crippen LogP contribution in [-0.2, 0) is 4.79 Å². The fourth-order valence-electron chi connectivity index (χ4n) is 3.13. The van der Waals surface area contributed by atoms with Crippen LogP contribution in [0.5, 0.6) is 11.5 Å². The lowest BCUT2D eigenvalue weighted by molar-refractivity contribution is -0.120. The number of carbonyl (C=O) groups is 2. The van der Waals surface area contributed by atoms with Gasteiger partial charge >= 0.3 is 0 Å². The molecule has 8 heteroatoms. The van der Waals surface area contributed by atoms with Crippen LogP contribution < -0.4 is 20.1 Å². The lowest BCUT2D eigenvalue weighted by Gasteiger charge is -2.28. The van der Waals surface area contributed by atoms with E-state index < -0.39 is 0 Å². The van der Waals surface area contributed by atoms with Gasteiger partial charge in [-0.05, 0) is 43.4 Å². The van der Waals surface area contributed by atoms with Gasteiger partial charge in [0.1, 0.15) is 5.76 Å². The first kappa shape index (κ1) is 19.8. The van der Waals surface area contributed by atoms with Crippen molar-refractivity contribution in [2.75, 3.05) is 33.0 Å². The smallest absolute Gasteiger partial charge is 0.251 e. The molecule has 0 saturated heterocycles. The van der Waals surface area contributed by atoms with Crippen molar-refractivity contribution in [3.05, 3.63) is 47.9 Å². The highest BCUT2D eigenvalue weighted by Crippen LogP contribution is 2.32. The number of carbonyl (C=O) groups excluding carboxylic acids is 2. The third-order valence-corrected chi connectivity index (χ3v) is 4.66. The molecule has 150 valence electrons. The van der Waals surface area contributed by atoms with Gasteiger partial charge in [-0.1, -0.05) is 13.8 Å². The molecule has 1 aromatic carbocycles. The van der Waals surface area contributed by atoms with E-state index in [1.165, 1.54) is 0 Å². The number of likely N-dealkylation sites (N-methyl/N-ethyl adjacent to an activating group) is 1. The zero-order valence-electron chi connectivity index (χ0n) is 16.1. The van der Waals surface area contributed by atoms with Gasteiger partial charge in [0.25, 0.3) is 5.91 Å². The molecule has 3 rings (SSSR count). The molecule has 0 aliphatic carbocycles. The standard InChI is InChI=1S/C20H25N3O5/c1-3-23(4-2)15(16-6-5-9-26-16)11-21-19(24)12-22-20(25)14-7-8-17-18(10-14)28-13-27-17/h5-10,15H,3-4,11-13H2,1-2H3,(H,21,24)(H,22,25). The fourth-order valence-corrected chi connectivity index (χ4v) is 3.13. The number of fused-ring (bicyclic) bond motifs is 1. The molecule has 1 unspecified atom stereocenters. The summed E-state index contributed by atoms with van der Waals surface area (Å²) in [5.41, 5.74) is 0.411. The first-order valence-corrected chi connectivity index (χ1v) is 9.34. The fraction of sp³-hybridized carbons (Fsp3) is 0.400. The number of ether oxygens (including phenoxy) is 2. The summed E-state index contributed by atoms with van der Waals surface area (Å²) < 4.78 is 16.0. The Bertz CT molecular complexity index is 802. The Kier molecular flexibility index (Phi) is 6.54. The number of hydrogen-bond donors (Lipinski definition) is 2. The average Bonchev–Trinajstić information content (AvgIpc) is 3.40. The molecule has 28 heavy (non-hydrogen) atoms. The molecule has 2 heterocycles. The summed E-state index contributed by atoms with van der Waals surface area (Å²) in [6.45, 7) is 6.22. The molecule has 0 bridgehead atoms. The Morgan fingerprint density at radius 2 is 1.89 bits per heavy atom. The van der Waals surface area contributed by atoms with Gasteiger partial charge < -0.3 is 24.5 Å². The van der Waals surface area contributed by atoms with Crippen LogP contribution in [-0.4, -0.2) is 49.7 Å². The van der Waals surface area contributed by atoms with Gasteiger partial charge in [0.05, 0.1) is 18.8 Å². The summed E-state index contributed by atoms with van der Waals surface area (Å²) in [4.78, 5) is 26.7. The van der Waals surface area contributed by atoms with E-state index in [0.717, 1.165) is 18.8 Å². The normalized spacial score (nSPS) is 13.4. The summed E-state index contributed by atoms with van der Waals surface area (Å²) in [6.07, 6.45) is 1.62. The SMILES string of the molecule is CCN(CC)C(CNC(=O)CNC(=O)c1ccc2c(c1)OCO2)c1ccco1. The van der Waals surface area contributed by atoms with Crippen molar-refractivity contribution in [2.24, 2.45) is 0 Å². The number of rotatable bonds is 9. The van der Waals surface area contributed by atoms with E-state index in [0.29, 0.717) is 23.6 Å². The topological polar surface area (TPSA) is 93.0 Å². The summed E-state index contributed by atoms with van der Waals surface area (Å²) in [6, 6.07) is 8.58. The van der Waals surface area contributed by atoms with Crippen LogP contribution in [0.25, 0.3) is 0 Å². The van der Waals surface area contributed by atoms with Crippen molar-refractivity contribution >= 4 is 11.8 Å². The molecule has 0 spiro atoms. The minimum Gasteiger partial charge on any atom is -0.468 e. The number of furan rings is 1. The van der Waals surface area contributed by atoms with Gasteiger partial charge in [-0.3, -0.25) is 14.5 Å². The predicted molar refractivity (Wildman–Crippen MR) is 102 cm³/mol. The maximum Gasteiger partial charge on any atom is 0.251 e. The number of benzene rings is 1. The molecule has 0 fully saturated rings. The lowest BCUT2D eigenvalue weighted by atomic mass is 10.2. The highest BCUT2D eigenvalue weighted by molar-refractivity contribution is 5.97. The van der Waals surface area contributed by atoms with Gasteiger partial charge in [0, 0.05) is 12.1 Å². The number of hydrogen-bond acceptors (Lipinski definition) is 6. The first-order valence-electron chi connectivity index (χ1n) is 9.34. The molecule has 2 amide bonds. The van der Waals surface area contributed by atoms with Gasteiger partial charge in [-0.15, -0.1) is 0 Å². The van der Waals surface area contributed by atoms with Crippen LogP contribution in [0.3, 0.4) is 0 Å². The monoisotopic (exact) mass is 387 g/mol. The molecule has 1 aliphatic heterocycles. The summed E-state index contributed by atoms with van der Waals surface area (Å²) >= 11 is 0. The second kappa shape index (κ2) is 9.27. The molecule has 1 aromatic heterocycles. The molecule has 0 radical (unpaired) electrons. The van der Waals surface area contributed by atoms with Crippen molar-refractivity contribution in [2.45, 2.75) is 19.9 Å². The van der Waals surface area contributed by atoms with Crippen LogP contribution in [0.1, 0.15) is 36.0 Å². The highest BCUT2D eigenvalue weighted by atomic mass is 16.7. The molecule has 2 N–H and O–H groups in total. The second-order valence-corrected chi connectivity index (χ2v) is 6.31. The van der Waals surface area contributed by atoms with E-state index in [1.54, 1.807) is 24.5 Å². The van der Waals surface area contributed by atoms with Crippen LogP contribution in [0.15, 0.2) is 41.0 Å². The third kappa shape index (κ3) is 4.64. The quantitative estimate of drug-likeness (QED) is 0.683. The van der Waals surface area contributed by atoms with Crippen molar-refractivity contribution in [1.29, 1.82) is 0 Å². The van der Waals surface area contributed by atoms with Crippen molar-refractivity contribution in [3.8, 4) is 11.5 Å². The summed E-state index contributed by atoms with van der Waals surface area (Å²) in [5, 5.41) is 5.49. The van der Waals surface area contributed by atoms with Crippen LogP contribution >= 0.6 is 0 Å². The van der Waals surface area contributed by atoms with Gasteiger partial charge in [0.15, 0.2) is 11.5 Å². The van der Waals surface area contributed by atoms with E-state index in [9.17, 15) is 9.59 Å². The zero-order valence-corrected chi connectivity index (χ0v) is 16.1. The molecule has 2 aromatic rings. The van der Waals surface area contributed by atoms with Crippen LogP contribution in [0.2, 0.25) is 0 Å². The molecule has 1 atom stereocenters. The maximum absolute atomic E-state index is 12.3. The molecular formula is C20H25N3O5. The molecular weight excluding hydrogens is 362 g/mol. The number of nitrogens with one attached hydrogen (secondary N) is 2. The third-order valence-electron chi connectivity index (χ3n) is 4.66. The van der Waals surface area contributed by atoms with Crippen molar-refractivity contribution < 1.29 is 23.5 Å². The van der Waals surface area contributed by atoms with Crippen molar-refractivity contribution in [3.63, 3.8) is 0 Å². The second-order valence-electron chi connectivity index (χ2n) is 6.31. The minimum atomic E-state index is -0.347. The summed E-state index contributed by atoms with van der Waals surface area (Å²) in [5.74, 6) is 1.32. The van der Waals surface area contributed by atoms with E-state index in [-0.39, 0.29) is 31.2 Å². The van der Waals surface area contributed by atoms with E-state index >= 15 is 0 Å². The lowest BCUT2D eigenvalue weighted by Crippen LogP contribution is -2.42. The van der Waals surface area contributed by atoms with E-state index in [4.69, 9.17) is 13.9 Å². The Labute approximate surface area is 163 Å². The van der Waals surface area contributed by atoms with Gasteiger partial charge in [0.2, 0.25) is 12.7 Å². The van der Waals surface area contributed by atoms with E-state index in [1.807, 2.05) is 12.1 Å². The Morgan fingerprint density at radius 3 is 2.61 bits per heavy atom. The largest absolute Gasteiger partial charge is 0.468 e. The predicted octanol–water partition coefficient (Wildman–Crippen LogP) is 1.94. The zero-order chi connectivity index (χ0) is 19.9. The number of amides is 2. The maximum atomic E-state index is 12.3. The first-order chi connectivity index (χ1) is 13.6. The molecule has 1 aliphatic rings. The van der Waals surface area contributed by atoms with Crippen LogP contribution in [0, 0.1) is 0 Å². The Hall–Kier alpha value is -3.00. The van der Waals surface area contributed by atoms with E-state index in [2.05, 4.69) is 29.4 Å². The Morgan fingerprint density at radius 1 is 1.11 bits per heavy atom. The summed E-state index contributed by atoms with van der Waals surface area (Å²) in [7, 11) is 0. The molecule has 8 nitrogen and oxygen atoms in total. The Balaban J connectivity index is 1.51. The van der Waals surface area contributed by atoms with Gasteiger partial charge in [-0.2, -0.15) is 0 Å². The van der Waals surface area contributed by atoms with Crippen molar-refractivity contribution in [1.82, 2.24) is 15.5 Å². The number of nitrogens with zero attached hydrogens (tertiary/aromatic N) is 1. The minimum absolute atomic E-state index is 0.0569. The van der Waals surface area contributed by atoms with Crippen LogP contribution in [0.4, 0.5) is 0 Å².